The first-order valence-corrected chi connectivity index (χ1v) is 6.32. The molecule has 1 fully saturated rings. The van der Waals surface area contributed by atoms with Gasteiger partial charge in [-0.15, -0.1) is 0 Å². The first-order chi connectivity index (χ1) is 8.77. The number of aliphatic carboxylic acids is 1. The summed E-state index contributed by atoms with van der Waals surface area (Å²) in [5, 5.41) is 8.60. The van der Waals surface area contributed by atoms with Crippen LogP contribution in [0.5, 0.6) is 0 Å². The maximum absolute atomic E-state index is 10.5. The Balaban J connectivity index is 2.18. The van der Waals surface area contributed by atoms with E-state index in [1.165, 1.54) is 19.3 Å². The smallest absolute Gasteiger partial charge is 0.315 e. The molecule has 0 aromatic heterocycles. The number of hydrogen-bond acceptors (Lipinski definition) is 2. The van der Waals surface area contributed by atoms with Gasteiger partial charge in [-0.25, -0.2) is 0 Å². The van der Waals surface area contributed by atoms with E-state index >= 15 is 0 Å². The summed E-state index contributed by atoms with van der Waals surface area (Å²) in [4.78, 5) is 12.8. The number of carbonyl (C=O) groups is 1. The Kier molecular flexibility index (Phi) is 4.25. The van der Waals surface area contributed by atoms with E-state index < -0.39 is 5.97 Å². The van der Waals surface area contributed by atoms with E-state index in [1.54, 1.807) is 0 Å². The van der Waals surface area contributed by atoms with Crippen LogP contribution in [0.4, 0.5) is 5.69 Å². The third-order valence-electron chi connectivity index (χ3n) is 3.06. The van der Waals surface area contributed by atoms with Crippen molar-refractivity contribution >= 4 is 11.7 Å². The first-order valence-electron chi connectivity index (χ1n) is 6.32. The lowest BCUT2D eigenvalue weighted by Crippen LogP contribution is -2.29. The Morgan fingerprint density at radius 3 is 2.67 bits per heavy atom. The number of anilines is 1. The van der Waals surface area contributed by atoms with Gasteiger partial charge in [0.25, 0.3) is 0 Å². The van der Waals surface area contributed by atoms with Crippen molar-refractivity contribution in [1.82, 2.24) is 0 Å². The average molecular weight is 243 g/mol. The van der Waals surface area contributed by atoms with Crippen LogP contribution in [0.25, 0.3) is 0 Å². The fourth-order valence-electron chi connectivity index (χ4n) is 2.20. The third kappa shape index (κ3) is 3.27. The van der Waals surface area contributed by atoms with Crippen LogP contribution in [0.2, 0.25) is 0 Å². The first kappa shape index (κ1) is 12.5. The van der Waals surface area contributed by atoms with E-state index in [9.17, 15) is 4.79 Å². The molecule has 1 aliphatic heterocycles. The Hall–Kier alpha value is -1.95. The van der Waals surface area contributed by atoms with E-state index in [0.717, 1.165) is 24.3 Å². The molecule has 0 atom stereocenters. The summed E-state index contributed by atoms with van der Waals surface area (Å²) < 4.78 is 0. The lowest BCUT2D eigenvalue weighted by Gasteiger charge is -2.29. The second-order valence-electron chi connectivity index (χ2n) is 4.44. The summed E-state index contributed by atoms with van der Waals surface area (Å²) in [6.45, 7) is 2.13. The Morgan fingerprint density at radius 2 is 1.94 bits per heavy atom. The largest absolute Gasteiger partial charge is 0.481 e. The molecule has 0 spiro atoms. The molecule has 1 heterocycles. The molecule has 2 rings (SSSR count). The number of nitrogens with zero attached hydrogens (tertiary/aromatic N) is 1. The van der Waals surface area contributed by atoms with Gasteiger partial charge in [-0.1, -0.05) is 24.0 Å². The molecule has 94 valence electrons. The molecule has 18 heavy (non-hydrogen) atoms. The molecule has 0 radical (unpaired) electrons. The van der Waals surface area contributed by atoms with E-state index in [4.69, 9.17) is 5.11 Å². The molecule has 0 unspecified atom stereocenters. The molecule has 0 aliphatic carbocycles. The summed E-state index contributed by atoms with van der Waals surface area (Å²) in [6.07, 6.45) is 3.63. The topological polar surface area (TPSA) is 40.5 Å². The van der Waals surface area contributed by atoms with Gasteiger partial charge in [0.05, 0.1) is 5.69 Å². The number of benzene rings is 1. The van der Waals surface area contributed by atoms with Gasteiger partial charge in [0, 0.05) is 18.7 Å². The Morgan fingerprint density at radius 1 is 1.22 bits per heavy atom. The van der Waals surface area contributed by atoms with Gasteiger partial charge >= 0.3 is 5.97 Å². The van der Waals surface area contributed by atoms with Crippen LogP contribution >= 0.6 is 0 Å². The van der Waals surface area contributed by atoms with Gasteiger partial charge < -0.3 is 10.0 Å². The molecule has 0 amide bonds. The van der Waals surface area contributed by atoms with Gasteiger partial charge in [-0.05, 0) is 31.4 Å². The Bertz CT molecular complexity index is 479. The van der Waals surface area contributed by atoms with Crippen LogP contribution in [0.15, 0.2) is 24.3 Å². The molecule has 1 aromatic rings. The lowest BCUT2D eigenvalue weighted by atomic mass is 10.1. The number of piperidine rings is 1. The van der Waals surface area contributed by atoms with E-state index in [-0.39, 0.29) is 6.42 Å². The van der Waals surface area contributed by atoms with Gasteiger partial charge in [0.2, 0.25) is 0 Å². The monoisotopic (exact) mass is 243 g/mol. The van der Waals surface area contributed by atoms with Crippen molar-refractivity contribution in [1.29, 1.82) is 0 Å². The summed E-state index contributed by atoms with van der Waals surface area (Å²) in [6, 6.07) is 7.97. The van der Waals surface area contributed by atoms with Crippen LogP contribution in [0.3, 0.4) is 0 Å². The maximum atomic E-state index is 10.5. The number of rotatable bonds is 2. The molecule has 1 aromatic carbocycles. The van der Waals surface area contributed by atoms with Gasteiger partial charge in [0.15, 0.2) is 0 Å². The molecule has 3 heteroatoms. The van der Waals surface area contributed by atoms with Crippen LogP contribution in [0, 0.1) is 11.8 Å². The van der Waals surface area contributed by atoms with Crippen molar-refractivity contribution < 1.29 is 9.90 Å². The normalized spacial score (nSPS) is 14.8. The van der Waals surface area contributed by atoms with E-state index in [2.05, 4.69) is 22.8 Å². The lowest BCUT2D eigenvalue weighted by molar-refractivity contribution is -0.135. The van der Waals surface area contributed by atoms with Crippen molar-refractivity contribution in [2.24, 2.45) is 0 Å². The summed E-state index contributed by atoms with van der Waals surface area (Å²) in [5.74, 6) is 4.80. The molecule has 1 saturated heterocycles. The molecule has 1 N–H and O–H groups in total. The fraction of sp³-hybridized carbons (Fsp3) is 0.400. The van der Waals surface area contributed by atoms with Gasteiger partial charge in [-0.3, -0.25) is 4.79 Å². The minimum Gasteiger partial charge on any atom is -0.481 e. The van der Waals surface area contributed by atoms with E-state index in [1.807, 2.05) is 18.2 Å². The fourth-order valence-corrected chi connectivity index (χ4v) is 2.20. The summed E-state index contributed by atoms with van der Waals surface area (Å²) in [5.41, 5.74) is 2.07. The van der Waals surface area contributed by atoms with Crippen LogP contribution in [0.1, 0.15) is 31.2 Å². The van der Waals surface area contributed by atoms with Crippen molar-refractivity contribution in [2.75, 3.05) is 18.0 Å². The van der Waals surface area contributed by atoms with Crippen LogP contribution in [-0.4, -0.2) is 24.2 Å². The minimum absolute atomic E-state index is 0.103. The van der Waals surface area contributed by atoms with Crippen molar-refractivity contribution in [3.8, 4) is 11.8 Å². The van der Waals surface area contributed by atoms with Crippen LogP contribution < -0.4 is 4.90 Å². The van der Waals surface area contributed by atoms with E-state index in [0.29, 0.717) is 0 Å². The maximum Gasteiger partial charge on any atom is 0.315 e. The predicted octanol–water partition coefficient (Wildman–Crippen LogP) is 2.50. The summed E-state index contributed by atoms with van der Waals surface area (Å²) in [7, 11) is 0. The quantitative estimate of drug-likeness (QED) is 0.811. The standard InChI is InChI=1S/C15H17NO2/c17-15(18)10-6-8-13-7-2-3-9-14(13)16-11-4-1-5-12-16/h2-3,7,9H,1,4-5,10-12H2,(H,17,18). The third-order valence-corrected chi connectivity index (χ3v) is 3.06. The molecular weight excluding hydrogens is 226 g/mol. The van der Waals surface area contributed by atoms with Crippen molar-refractivity contribution in [3.63, 3.8) is 0 Å². The van der Waals surface area contributed by atoms with Gasteiger partial charge in [0.1, 0.15) is 6.42 Å². The molecule has 0 saturated carbocycles. The number of carboxylic acid groups (broad SMARTS) is 1. The molecule has 0 bridgehead atoms. The van der Waals surface area contributed by atoms with Gasteiger partial charge in [-0.2, -0.15) is 0 Å². The SMILES string of the molecule is O=C(O)CC#Cc1ccccc1N1CCCCC1. The average Bonchev–Trinajstić information content (AvgIpc) is 2.40. The Labute approximate surface area is 107 Å². The highest BCUT2D eigenvalue weighted by Gasteiger charge is 2.12. The van der Waals surface area contributed by atoms with Crippen molar-refractivity contribution in [3.05, 3.63) is 29.8 Å². The van der Waals surface area contributed by atoms with Crippen molar-refractivity contribution in [2.45, 2.75) is 25.7 Å². The number of para-hydroxylation sites is 1. The zero-order valence-corrected chi connectivity index (χ0v) is 10.4. The molecule has 1 aliphatic rings. The predicted molar refractivity (Wildman–Crippen MR) is 71.6 cm³/mol. The molecule has 3 nitrogen and oxygen atoms in total. The highest BCUT2D eigenvalue weighted by molar-refractivity contribution is 5.71. The number of carboxylic acids is 1. The highest BCUT2D eigenvalue weighted by atomic mass is 16.4. The number of hydrogen-bond donors (Lipinski definition) is 1. The minimum atomic E-state index is -0.877. The molecular formula is C15H17NO2. The van der Waals surface area contributed by atoms with Crippen LogP contribution in [-0.2, 0) is 4.79 Å². The second-order valence-corrected chi connectivity index (χ2v) is 4.44. The second kappa shape index (κ2) is 6.11. The highest BCUT2D eigenvalue weighted by Crippen LogP contribution is 2.23. The summed E-state index contributed by atoms with van der Waals surface area (Å²) >= 11 is 0. The zero-order valence-electron chi connectivity index (χ0n) is 10.4. The zero-order chi connectivity index (χ0) is 12.8.